The minimum Gasteiger partial charge on any atom is -0.387 e. The van der Waals surface area contributed by atoms with E-state index in [-0.39, 0.29) is 28.8 Å². The van der Waals surface area contributed by atoms with Crippen LogP contribution in [-0.2, 0) is 19.1 Å². The Morgan fingerprint density at radius 2 is 1.67 bits per heavy atom. The lowest BCUT2D eigenvalue weighted by Crippen LogP contribution is -2.68. The molecule has 1 spiro atoms. The number of ketones is 2. The second kappa shape index (κ2) is 6.16. The van der Waals surface area contributed by atoms with Gasteiger partial charge in [-0.15, -0.1) is 0 Å². The third kappa shape index (κ3) is 2.30. The van der Waals surface area contributed by atoms with E-state index in [2.05, 4.69) is 26.8 Å². The summed E-state index contributed by atoms with van der Waals surface area (Å²) in [4.78, 5) is 25.6. The van der Waals surface area contributed by atoms with E-state index in [0.29, 0.717) is 24.3 Å². The Morgan fingerprint density at radius 3 is 2.33 bits per heavy atom. The van der Waals surface area contributed by atoms with Gasteiger partial charge in [-0.05, 0) is 68.7 Å². The Hall–Kier alpha value is -1.56. The van der Waals surface area contributed by atoms with Crippen molar-refractivity contribution in [2.75, 3.05) is 0 Å². The van der Waals surface area contributed by atoms with Crippen LogP contribution in [0.25, 0.3) is 0 Å². The summed E-state index contributed by atoms with van der Waals surface area (Å²) < 4.78 is 13.9. The van der Waals surface area contributed by atoms with Crippen molar-refractivity contribution in [3.8, 4) is 0 Å². The fourth-order valence-electron chi connectivity index (χ4n) is 8.52. The smallest absolute Gasteiger partial charge is 0.199 e. The van der Waals surface area contributed by atoms with Gasteiger partial charge in [-0.3, -0.25) is 9.59 Å². The lowest BCUT2D eigenvalue weighted by molar-refractivity contribution is -0.375. The fourth-order valence-corrected chi connectivity index (χ4v) is 8.52. The van der Waals surface area contributed by atoms with Crippen LogP contribution in [0.1, 0.15) is 73.6 Å². The number of aliphatic hydroxyl groups is 1. The van der Waals surface area contributed by atoms with Crippen LogP contribution in [0.15, 0.2) is 34.9 Å². The van der Waals surface area contributed by atoms with Gasteiger partial charge in [-0.25, -0.2) is 0 Å². The van der Waals surface area contributed by atoms with Crippen LogP contribution < -0.4 is 0 Å². The van der Waals surface area contributed by atoms with Gasteiger partial charge in [0, 0.05) is 34.7 Å². The molecule has 5 nitrogen and oxygen atoms in total. The molecule has 0 aromatic heterocycles. The number of carbonyl (C=O) groups excluding carboxylic acids is 2. The van der Waals surface area contributed by atoms with Gasteiger partial charge in [-0.1, -0.05) is 33.8 Å². The number of carbonyl (C=O) groups is 2. The summed E-state index contributed by atoms with van der Waals surface area (Å²) in [5.74, 6) is -0.850. The lowest BCUT2D eigenvalue weighted by Gasteiger charge is -2.63. The molecule has 3 fully saturated rings. The molecule has 0 amide bonds. The number of allylic oxidation sites excluding steroid dienone is 4. The van der Waals surface area contributed by atoms with E-state index in [1.54, 1.807) is 12.2 Å². The first kappa shape index (κ1) is 21.9. The third-order valence-electron chi connectivity index (χ3n) is 10.9. The zero-order valence-electron chi connectivity index (χ0n) is 20.7. The van der Waals surface area contributed by atoms with Gasteiger partial charge < -0.3 is 14.6 Å². The standard InChI is InChI=1S/C28H36O5/c1-15-18-9-12-27(33-28(15)23(31)16(2)24(3,4)32-28)20-14-22(30)21-13-17(29)7-10-25(21,5)19(20)8-11-26(18,27)6/h8,13-16,18,23,31H,7,9-12H2,1-6H3/t15-,16-,18+,23+,25+,26+,27-,28+/m0/s1. The zero-order chi connectivity index (χ0) is 23.8. The quantitative estimate of drug-likeness (QED) is 0.588. The predicted molar refractivity (Wildman–Crippen MR) is 123 cm³/mol. The highest BCUT2D eigenvalue weighted by molar-refractivity contribution is 6.13. The summed E-state index contributed by atoms with van der Waals surface area (Å²) in [6.45, 7) is 12.7. The van der Waals surface area contributed by atoms with Crippen LogP contribution >= 0.6 is 0 Å². The van der Waals surface area contributed by atoms with E-state index in [9.17, 15) is 14.7 Å². The van der Waals surface area contributed by atoms with E-state index < -0.39 is 28.5 Å². The van der Waals surface area contributed by atoms with Gasteiger partial charge in [0.2, 0.25) is 0 Å². The molecule has 0 unspecified atom stereocenters. The van der Waals surface area contributed by atoms with Gasteiger partial charge in [0.25, 0.3) is 0 Å². The first-order chi connectivity index (χ1) is 15.3. The van der Waals surface area contributed by atoms with Crippen LogP contribution in [0.2, 0.25) is 0 Å². The number of rotatable bonds is 0. The fraction of sp³-hybridized carbons (Fsp3) is 0.714. The molecule has 33 heavy (non-hydrogen) atoms. The molecule has 0 radical (unpaired) electrons. The number of ether oxygens (including phenoxy) is 2. The number of fused-ring (bicyclic) bond motifs is 3. The van der Waals surface area contributed by atoms with E-state index in [1.165, 1.54) is 0 Å². The monoisotopic (exact) mass is 452 g/mol. The number of aliphatic hydroxyl groups excluding tert-OH is 1. The first-order valence-corrected chi connectivity index (χ1v) is 12.6. The van der Waals surface area contributed by atoms with Gasteiger partial charge in [0.05, 0.1) is 5.60 Å². The Morgan fingerprint density at radius 1 is 0.939 bits per heavy atom. The molecule has 5 heteroatoms. The Balaban J connectivity index is 1.55. The average molecular weight is 453 g/mol. The molecule has 0 aromatic rings. The maximum Gasteiger partial charge on any atom is 0.199 e. The summed E-state index contributed by atoms with van der Waals surface area (Å²) >= 11 is 0. The molecule has 1 saturated carbocycles. The molecule has 2 bridgehead atoms. The molecular weight excluding hydrogens is 416 g/mol. The molecule has 0 aromatic carbocycles. The molecule has 178 valence electrons. The number of hydrogen-bond acceptors (Lipinski definition) is 5. The van der Waals surface area contributed by atoms with E-state index >= 15 is 0 Å². The van der Waals surface area contributed by atoms with Gasteiger partial charge >= 0.3 is 0 Å². The predicted octanol–water partition coefficient (Wildman–Crippen LogP) is 4.44. The Kier molecular flexibility index (Phi) is 4.10. The van der Waals surface area contributed by atoms with E-state index in [1.807, 2.05) is 20.8 Å². The second-order valence-electron chi connectivity index (χ2n) is 12.5. The highest BCUT2D eigenvalue weighted by Crippen LogP contribution is 2.73. The molecule has 6 rings (SSSR count). The third-order valence-corrected chi connectivity index (χ3v) is 10.9. The van der Waals surface area contributed by atoms with E-state index in [0.717, 1.165) is 30.4 Å². The molecular formula is C28H36O5. The molecule has 4 aliphatic carbocycles. The summed E-state index contributed by atoms with van der Waals surface area (Å²) in [7, 11) is 0. The largest absolute Gasteiger partial charge is 0.387 e. The molecule has 2 saturated heterocycles. The van der Waals surface area contributed by atoms with Crippen LogP contribution in [0.3, 0.4) is 0 Å². The Bertz CT molecular complexity index is 1080. The van der Waals surface area contributed by atoms with Crippen molar-refractivity contribution < 1.29 is 24.2 Å². The van der Waals surface area contributed by atoms with Crippen LogP contribution in [0.4, 0.5) is 0 Å². The topological polar surface area (TPSA) is 72.8 Å². The SMILES string of the molecule is C[C@H]1[C@@H](O)[C@]2(OC1(C)C)O[C@]13CC[C@H]([C@@H]2C)[C@@]1(C)CC=C1C3=CC(=O)C2=CC(=O)CC[C@@]21C. The first-order valence-electron chi connectivity index (χ1n) is 12.6. The van der Waals surface area contributed by atoms with Gasteiger partial charge in [0.15, 0.2) is 17.4 Å². The maximum absolute atomic E-state index is 13.4. The minimum atomic E-state index is -1.09. The summed E-state index contributed by atoms with van der Waals surface area (Å²) in [5.41, 5.74) is 0.905. The van der Waals surface area contributed by atoms with Crippen LogP contribution in [0.5, 0.6) is 0 Å². The summed E-state index contributed by atoms with van der Waals surface area (Å²) in [5, 5.41) is 11.5. The minimum absolute atomic E-state index is 0.0329. The van der Waals surface area contributed by atoms with Crippen molar-refractivity contribution >= 4 is 11.6 Å². The lowest BCUT2D eigenvalue weighted by atomic mass is 9.50. The number of hydrogen-bond donors (Lipinski definition) is 1. The Labute approximate surface area is 196 Å². The van der Waals surface area contributed by atoms with Crippen LogP contribution in [-0.4, -0.2) is 39.8 Å². The van der Waals surface area contributed by atoms with Crippen molar-refractivity contribution in [3.63, 3.8) is 0 Å². The van der Waals surface area contributed by atoms with Crippen molar-refractivity contribution in [2.24, 2.45) is 28.6 Å². The van der Waals surface area contributed by atoms with Crippen molar-refractivity contribution in [1.82, 2.24) is 0 Å². The maximum atomic E-state index is 13.4. The summed E-state index contributed by atoms with van der Waals surface area (Å²) in [6, 6.07) is 0. The van der Waals surface area contributed by atoms with Crippen molar-refractivity contribution in [1.29, 1.82) is 0 Å². The van der Waals surface area contributed by atoms with Crippen molar-refractivity contribution in [3.05, 3.63) is 34.9 Å². The van der Waals surface area contributed by atoms with Crippen LogP contribution in [0, 0.1) is 28.6 Å². The second-order valence-corrected chi connectivity index (χ2v) is 12.5. The highest BCUT2D eigenvalue weighted by atomic mass is 16.7. The van der Waals surface area contributed by atoms with E-state index in [4.69, 9.17) is 9.47 Å². The van der Waals surface area contributed by atoms with Gasteiger partial charge in [0.1, 0.15) is 11.7 Å². The molecule has 8 atom stereocenters. The highest BCUT2D eigenvalue weighted by Gasteiger charge is 2.76. The molecule has 2 aliphatic heterocycles. The summed E-state index contributed by atoms with van der Waals surface area (Å²) in [6.07, 6.45) is 8.67. The molecule has 2 heterocycles. The van der Waals surface area contributed by atoms with Crippen molar-refractivity contribution in [2.45, 2.75) is 96.7 Å². The molecule has 1 N–H and O–H groups in total. The zero-order valence-corrected chi connectivity index (χ0v) is 20.7. The molecule has 6 aliphatic rings. The normalized spacial score (nSPS) is 52.0. The van der Waals surface area contributed by atoms with Gasteiger partial charge in [-0.2, -0.15) is 0 Å². The average Bonchev–Trinajstić information content (AvgIpc) is 3.07.